The monoisotopic (exact) mass is 329 g/mol. The first-order valence-electron chi connectivity index (χ1n) is 7.07. The minimum Gasteiger partial charge on any atom is -0.394 e. The van der Waals surface area contributed by atoms with Crippen molar-refractivity contribution in [2.24, 2.45) is 0 Å². The highest BCUT2D eigenvalue weighted by molar-refractivity contribution is 7.92. The molecule has 0 aromatic heterocycles. The third kappa shape index (κ3) is 5.75. The summed E-state index contributed by atoms with van der Waals surface area (Å²) >= 11 is 0. The predicted molar refractivity (Wildman–Crippen MR) is 84.1 cm³/mol. The highest BCUT2D eigenvalue weighted by Gasteiger charge is 2.29. The Kier molecular flexibility index (Phi) is 7.50. The second-order valence-corrected chi connectivity index (χ2v) is 7.47. The Labute approximate surface area is 131 Å². The number of hydrogen-bond donors (Lipinski definition) is 1. The summed E-state index contributed by atoms with van der Waals surface area (Å²) < 4.78 is 29.2. The zero-order chi connectivity index (χ0) is 16.6. The summed E-state index contributed by atoms with van der Waals surface area (Å²) in [5, 5.41) is 7.46. The van der Waals surface area contributed by atoms with Crippen LogP contribution >= 0.6 is 0 Å². The van der Waals surface area contributed by atoms with E-state index < -0.39 is 21.0 Å². The maximum atomic E-state index is 12.2. The second-order valence-electron chi connectivity index (χ2n) is 5.03. The standard InChI is InChI=1S/C15H23NO5S/c1-13(22(19,20)11-10-21-9-8-17)15(18)16(2)12-14-6-4-3-5-7-14/h3-7,13,17H,8-12H2,1-2H3. The molecule has 0 heterocycles. The predicted octanol–water partition coefficient (Wildman–Crippen LogP) is 0.457. The van der Waals surface area contributed by atoms with Crippen LogP contribution in [0.3, 0.4) is 0 Å². The van der Waals surface area contributed by atoms with Crippen LogP contribution in [0, 0.1) is 0 Å². The van der Waals surface area contributed by atoms with E-state index in [0.29, 0.717) is 6.54 Å². The first kappa shape index (κ1) is 18.6. The van der Waals surface area contributed by atoms with Crippen molar-refractivity contribution < 1.29 is 23.1 Å². The molecule has 1 N–H and O–H groups in total. The Morgan fingerprint density at radius 1 is 1.27 bits per heavy atom. The summed E-state index contributed by atoms with van der Waals surface area (Å²) in [5.41, 5.74) is 0.939. The fourth-order valence-corrected chi connectivity index (χ4v) is 3.11. The Bertz CT molecular complexity index is 559. The number of rotatable bonds is 9. The van der Waals surface area contributed by atoms with Gasteiger partial charge in [0.1, 0.15) is 5.25 Å². The largest absolute Gasteiger partial charge is 0.394 e. The van der Waals surface area contributed by atoms with Crippen LogP contribution < -0.4 is 0 Å². The van der Waals surface area contributed by atoms with Crippen LogP contribution in [0.1, 0.15) is 12.5 Å². The molecule has 0 aliphatic carbocycles. The van der Waals surface area contributed by atoms with Crippen molar-refractivity contribution in [3.05, 3.63) is 35.9 Å². The number of nitrogens with zero attached hydrogens (tertiary/aromatic N) is 1. The van der Waals surface area contributed by atoms with Crippen LogP contribution in [-0.2, 0) is 25.9 Å². The lowest BCUT2D eigenvalue weighted by molar-refractivity contribution is -0.129. The number of ether oxygens (including phenoxy) is 1. The Hall–Kier alpha value is -1.44. The molecule has 22 heavy (non-hydrogen) atoms. The molecule has 1 atom stereocenters. The SMILES string of the molecule is CC(C(=O)N(C)Cc1ccccc1)S(=O)(=O)CCOCCO. The minimum absolute atomic E-state index is 0.0249. The zero-order valence-corrected chi connectivity index (χ0v) is 13.8. The van der Waals surface area contributed by atoms with E-state index in [1.807, 2.05) is 30.3 Å². The van der Waals surface area contributed by atoms with E-state index in [0.717, 1.165) is 5.56 Å². The van der Waals surface area contributed by atoms with Gasteiger partial charge in [0.15, 0.2) is 9.84 Å². The first-order chi connectivity index (χ1) is 10.4. The summed E-state index contributed by atoms with van der Waals surface area (Å²) in [4.78, 5) is 13.7. The number of aliphatic hydroxyl groups excluding tert-OH is 1. The third-order valence-corrected chi connectivity index (χ3v) is 5.29. The molecule has 124 valence electrons. The van der Waals surface area contributed by atoms with Gasteiger partial charge in [-0.25, -0.2) is 8.42 Å². The lowest BCUT2D eigenvalue weighted by atomic mass is 10.2. The topological polar surface area (TPSA) is 83.9 Å². The molecule has 6 nitrogen and oxygen atoms in total. The molecule has 1 rings (SSSR count). The fourth-order valence-electron chi connectivity index (χ4n) is 1.92. The number of benzene rings is 1. The van der Waals surface area contributed by atoms with Crippen LogP contribution in [-0.4, -0.2) is 62.2 Å². The van der Waals surface area contributed by atoms with E-state index in [9.17, 15) is 13.2 Å². The van der Waals surface area contributed by atoms with Gasteiger partial charge in [0.2, 0.25) is 5.91 Å². The number of sulfone groups is 1. The van der Waals surface area contributed by atoms with Gasteiger partial charge in [-0.15, -0.1) is 0 Å². The van der Waals surface area contributed by atoms with Gasteiger partial charge in [-0.2, -0.15) is 0 Å². The van der Waals surface area contributed by atoms with Crippen LogP contribution in [0.5, 0.6) is 0 Å². The normalized spacial score (nSPS) is 12.9. The van der Waals surface area contributed by atoms with E-state index in [1.54, 1.807) is 7.05 Å². The van der Waals surface area contributed by atoms with Gasteiger partial charge < -0.3 is 14.7 Å². The number of hydrogen-bond acceptors (Lipinski definition) is 5. The first-order valence-corrected chi connectivity index (χ1v) is 8.79. The molecule has 0 saturated carbocycles. The highest BCUT2D eigenvalue weighted by atomic mass is 32.2. The van der Waals surface area contributed by atoms with E-state index in [2.05, 4.69) is 0 Å². The molecule has 0 aliphatic rings. The molecule has 0 aliphatic heterocycles. The average Bonchev–Trinajstić information content (AvgIpc) is 2.51. The number of carbonyl (C=O) groups is 1. The van der Waals surface area contributed by atoms with Crippen LogP contribution in [0.2, 0.25) is 0 Å². The quantitative estimate of drug-likeness (QED) is 0.665. The van der Waals surface area contributed by atoms with Crippen LogP contribution in [0.25, 0.3) is 0 Å². The smallest absolute Gasteiger partial charge is 0.240 e. The molecule has 1 amide bonds. The summed E-state index contributed by atoms with van der Waals surface area (Å²) in [7, 11) is -1.99. The van der Waals surface area contributed by atoms with Crippen LogP contribution in [0.4, 0.5) is 0 Å². The van der Waals surface area contributed by atoms with Gasteiger partial charge >= 0.3 is 0 Å². The second kappa shape index (κ2) is 8.87. The van der Waals surface area contributed by atoms with E-state index in [1.165, 1.54) is 11.8 Å². The third-order valence-electron chi connectivity index (χ3n) is 3.27. The highest BCUT2D eigenvalue weighted by Crippen LogP contribution is 2.09. The van der Waals surface area contributed by atoms with Crippen molar-refractivity contribution in [1.29, 1.82) is 0 Å². The maximum Gasteiger partial charge on any atom is 0.240 e. The average molecular weight is 329 g/mol. The summed E-state index contributed by atoms with van der Waals surface area (Å²) in [6.45, 7) is 1.66. The maximum absolute atomic E-state index is 12.2. The molecule has 7 heteroatoms. The van der Waals surface area contributed by atoms with E-state index >= 15 is 0 Å². The molecule has 0 bridgehead atoms. The van der Waals surface area contributed by atoms with Gasteiger partial charge in [0.25, 0.3) is 0 Å². The summed E-state index contributed by atoms with van der Waals surface area (Å²) in [6.07, 6.45) is 0. The van der Waals surface area contributed by atoms with Crippen molar-refractivity contribution in [3.63, 3.8) is 0 Å². The van der Waals surface area contributed by atoms with Gasteiger partial charge in [-0.3, -0.25) is 4.79 Å². The molecular weight excluding hydrogens is 306 g/mol. The summed E-state index contributed by atoms with van der Waals surface area (Å²) in [5.74, 6) is -0.676. The molecule has 1 aromatic carbocycles. The van der Waals surface area contributed by atoms with Crippen molar-refractivity contribution in [3.8, 4) is 0 Å². The Morgan fingerprint density at radius 2 is 1.91 bits per heavy atom. The molecule has 1 unspecified atom stereocenters. The van der Waals surface area contributed by atoms with Gasteiger partial charge in [-0.05, 0) is 12.5 Å². The fraction of sp³-hybridized carbons (Fsp3) is 0.533. The molecule has 0 radical (unpaired) electrons. The van der Waals surface area contributed by atoms with Gasteiger partial charge in [-0.1, -0.05) is 30.3 Å². The van der Waals surface area contributed by atoms with Crippen LogP contribution in [0.15, 0.2) is 30.3 Å². The molecule has 0 spiro atoms. The molecule has 1 aromatic rings. The van der Waals surface area contributed by atoms with Crippen molar-refractivity contribution in [2.45, 2.75) is 18.7 Å². The minimum atomic E-state index is -3.58. The van der Waals surface area contributed by atoms with Gasteiger partial charge in [0.05, 0.1) is 25.6 Å². The molecular formula is C15H23NO5S. The lowest BCUT2D eigenvalue weighted by Gasteiger charge is -2.21. The molecule has 0 fully saturated rings. The number of carbonyl (C=O) groups excluding carboxylic acids is 1. The van der Waals surface area contributed by atoms with Gasteiger partial charge in [0, 0.05) is 13.6 Å². The molecule has 0 saturated heterocycles. The Balaban J connectivity index is 2.58. The van der Waals surface area contributed by atoms with Crippen molar-refractivity contribution in [2.75, 3.05) is 32.6 Å². The lowest BCUT2D eigenvalue weighted by Crippen LogP contribution is -2.40. The number of aliphatic hydroxyl groups is 1. The van der Waals surface area contributed by atoms with E-state index in [-0.39, 0.29) is 25.6 Å². The van der Waals surface area contributed by atoms with Crippen molar-refractivity contribution in [1.82, 2.24) is 4.90 Å². The Morgan fingerprint density at radius 3 is 2.50 bits per heavy atom. The number of amides is 1. The zero-order valence-electron chi connectivity index (χ0n) is 12.9. The van der Waals surface area contributed by atoms with E-state index in [4.69, 9.17) is 9.84 Å². The summed E-state index contributed by atoms with van der Waals surface area (Å²) in [6, 6.07) is 9.38. The van der Waals surface area contributed by atoms with Crippen molar-refractivity contribution >= 4 is 15.7 Å².